The minimum atomic E-state index is -0.0927. The summed E-state index contributed by atoms with van der Waals surface area (Å²) in [6.07, 6.45) is 6.68. The number of nitrogens with one attached hydrogen (secondary N) is 3. The largest absolute Gasteiger partial charge is 0.348 e. The van der Waals surface area contributed by atoms with Crippen molar-refractivity contribution in [3.63, 3.8) is 0 Å². The van der Waals surface area contributed by atoms with Crippen LogP contribution in [0.25, 0.3) is 0 Å². The minimum absolute atomic E-state index is 0.0829. The maximum atomic E-state index is 10.8. The average Bonchev–Trinajstić information content (AvgIpc) is 3.28. The molecule has 0 aliphatic carbocycles. The Morgan fingerprint density at radius 2 is 1.28 bits per heavy atom. The Balaban J connectivity index is 0.000000219. The predicted molar refractivity (Wildman–Crippen MR) is 116 cm³/mol. The molecule has 0 radical (unpaired) electrons. The lowest BCUT2D eigenvalue weighted by molar-refractivity contribution is 0.542. The van der Waals surface area contributed by atoms with Gasteiger partial charge < -0.3 is 9.97 Å². The van der Waals surface area contributed by atoms with Crippen LogP contribution in [0.3, 0.4) is 0 Å². The number of aromatic nitrogens is 7. The van der Waals surface area contributed by atoms with Crippen molar-refractivity contribution in [2.45, 2.75) is 78.6 Å². The lowest BCUT2D eigenvalue weighted by Crippen LogP contribution is -2.20. The van der Waals surface area contributed by atoms with Crippen LogP contribution in [0.5, 0.6) is 0 Å². The van der Waals surface area contributed by atoms with Crippen LogP contribution < -0.4 is 5.56 Å². The van der Waals surface area contributed by atoms with Crippen molar-refractivity contribution in [3.05, 3.63) is 58.8 Å². The summed E-state index contributed by atoms with van der Waals surface area (Å²) in [5.41, 5.74) is 0.0744. The van der Waals surface area contributed by atoms with Crippen LogP contribution in [0, 0.1) is 0 Å². The van der Waals surface area contributed by atoms with Gasteiger partial charge in [0.1, 0.15) is 23.8 Å². The summed E-state index contributed by atoms with van der Waals surface area (Å²) in [6, 6.07) is 1.41. The Morgan fingerprint density at radius 3 is 1.55 bits per heavy atom. The molecule has 29 heavy (non-hydrogen) atoms. The van der Waals surface area contributed by atoms with Gasteiger partial charge >= 0.3 is 0 Å². The SMILES string of the molecule is CC(C)(C)c1ncc[nH]1.CC(C)(C)c1nccc(=O)[nH]1.CC(C)(C)c1ncn[nH]1. The number of rotatable bonds is 0. The standard InChI is InChI=1S/C8H12N2O.C7H12N2.C6H11N3/c1-8(2,3)7-9-5-4-6(11)10-7;1-7(2,3)6-8-4-5-9-6;1-6(2,3)5-7-4-8-9-5/h4-5H,1-3H3,(H,9,10,11);4-5H,1-3H3,(H,8,9);4H,1-3H3,(H,7,8,9). The molecule has 0 aliphatic rings. The van der Waals surface area contributed by atoms with Crippen LogP contribution >= 0.6 is 0 Å². The summed E-state index contributed by atoms with van der Waals surface area (Å²) in [5, 5.41) is 6.57. The van der Waals surface area contributed by atoms with Gasteiger partial charge in [0, 0.05) is 40.9 Å². The van der Waals surface area contributed by atoms with E-state index in [9.17, 15) is 4.79 Å². The Labute approximate surface area is 173 Å². The quantitative estimate of drug-likeness (QED) is 0.529. The number of nitrogens with zero attached hydrogens (tertiary/aromatic N) is 4. The van der Waals surface area contributed by atoms with Crippen molar-refractivity contribution in [3.8, 4) is 0 Å². The Hall–Kier alpha value is -2.77. The molecule has 3 aromatic heterocycles. The maximum absolute atomic E-state index is 10.8. The zero-order valence-electron chi connectivity index (χ0n) is 19.1. The highest BCUT2D eigenvalue weighted by Crippen LogP contribution is 2.17. The van der Waals surface area contributed by atoms with E-state index in [0.717, 1.165) is 17.5 Å². The first-order valence-electron chi connectivity index (χ1n) is 9.63. The molecule has 3 N–H and O–H groups in total. The van der Waals surface area contributed by atoms with Crippen LogP contribution in [0.15, 0.2) is 35.8 Å². The second kappa shape index (κ2) is 9.62. The zero-order valence-corrected chi connectivity index (χ0v) is 19.1. The maximum Gasteiger partial charge on any atom is 0.250 e. The van der Waals surface area contributed by atoms with E-state index in [1.54, 1.807) is 6.20 Å². The smallest absolute Gasteiger partial charge is 0.250 e. The molecule has 0 aromatic carbocycles. The third-order valence-electron chi connectivity index (χ3n) is 3.72. The Bertz CT molecular complexity index is 830. The van der Waals surface area contributed by atoms with Gasteiger partial charge in [0.2, 0.25) is 0 Å². The monoisotopic (exact) mass is 401 g/mol. The highest BCUT2D eigenvalue weighted by atomic mass is 16.1. The number of aromatic amines is 3. The number of imidazole rings is 1. The van der Waals surface area contributed by atoms with E-state index in [0.29, 0.717) is 0 Å². The molecular formula is C21H35N7O. The zero-order chi connectivity index (χ0) is 22.3. The van der Waals surface area contributed by atoms with E-state index in [4.69, 9.17) is 0 Å². The topological polar surface area (TPSA) is 116 Å². The number of hydrogen-bond acceptors (Lipinski definition) is 5. The summed E-state index contributed by atoms with van der Waals surface area (Å²) >= 11 is 0. The summed E-state index contributed by atoms with van der Waals surface area (Å²) in [6.45, 7) is 18.7. The third kappa shape index (κ3) is 8.85. The molecule has 3 aromatic rings. The van der Waals surface area contributed by atoms with E-state index in [-0.39, 0.29) is 21.8 Å². The lowest BCUT2D eigenvalue weighted by atomic mass is 9.96. The minimum Gasteiger partial charge on any atom is -0.348 e. The fraction of sp³-hybridized carbons (Fsp3) is 0.571. The van der Waals surface area contributed by atoms with Crippen LogP contribution in [0.1, 0.15) is 79.8 Å². The Morgan fingerprint density at radius 1 is 0.724 bits per heavy atom. The molecule has 0 amide bonds. The first-order valence-corrected chi connectivity index (χ1v) is 9.63. The highest BCUT2D eigenvalue weighted by molar-refractivity contribution is 5.01. The van der Waals surface area contributed by atoms with Crippen molar-refractivity contribution in [1.82, 2.24) is 35.1 Å². The molecule has 0 aliphatic heterocycles. The van der Waals surface area contributed by atoms with Crippen molar-refractivity contribution in [2.75, 3.05) is 0 Å². The van der Waals surface area contributed by atoms with Crippen LogP contribution in [-0.4, -0.2) is 35.1 Å². The molecule has 0 saturated carbocycles. The van der Waals surface area contributed by atoms with E-state index in [2.05, 4.69) is 76.7 Å². The summed E-state index contributed by atoms with van der Waals surface area (Å²) < 4.78 is 0. The van der Waals surface area contributed by atoms with Gasteiger partial charge in [-0.15, -0.1) is 0 Å². The van der Waals surface area contributed by atoms with E-state index in [1.165, 1.54) is 18.6 Å². The van der Waals surface area contributed by atoms with Gasteiger partial charge in [0.05, 0.1) is 0 Å². The summed E-state index contributed by atoms with van der Waals surface area (Å²) in [5.74, 6) is 2.70. The van der Waals surface area contributed by atoms with Gasteiger partial charge in [-0.1, -0.05) is 62.3 Å². The molecule has 3 heterocycles. The van der Waals surface area contributed by atoms with Gasteiger partial charge in [-0.2, -0.15) is 5.10 Å². The summed E-state index contributed by atoms with van der Waals surface area (Å²) in [4.78, 5) is 28.8. The second-order valence-corrected chi connectivity index (χ2v) is 9.80. The highest BCUT2D eigenvalue weighted by Gasteiger charge is 2.16. The number of hydrogen-bond donors (Lipinski definition) is 3. The van der Waals surface area contributed by atoms with Gasteiger partial charge in [0.15, 0.2) is 0 Å². The molecule has 8 heteroatoms. The molecular weight excluding hydrogens is 366 g/mol. The first-order chi connectivity index (χ1) is 13.2. The van der Waals surface area contributed by atoms with Gasteiger partial charge in [-0.25, -0.2) is 15.0 Å². The first kappa shape index (κ1) is 24.3. The van der Waals surface area contributed by atoms with E-state index >= 15 is 0 Å². The lowest BCUT2D eigenvalue weighted by Gasteiger charge is -2.15. The van der Waals surface area contributed by atoms with Crippen LogP contribution in [0.2, 0.25) is 0 Å². The molecule has 3 rings (SSSR count). The van der Waals surface area contributed by atoms with Crippen molar-refractivity contribution in [2.24, 2.45) is 0 Å². The van der Waals surface area contributed by atoms with Gasteiger partial charge in [0.25, 0.3) is 5.56 Å². The van der Waals surface area contributed by atoms with Crippen LogP contribution in [-0.2, 0) is 16.2 Å². The molecule has 0 unspecified atom stereocenters. The molecule has 0 saturated heterocycles. The molecule has 0 atom stereocenters. The average molecular weight is 402 g/mol. The number of H-pyrrole nitrogens is 3. The van der Waals surface area contributed by atoms with Gasteiger partial charge in [-0.05, 0) is 0 Å². The molecule has 0 spiro atoms. The fourth-order valence-corrected chi connectivity index (χ4v) is 1.99. The van der Waals surface area contributed by atoms with E-state index < -0.39 is 0 Å². The van der Waals surface area contributed by atoms with Crippen molar-refractivity contribution >= 4 is 0 Å². The Kier molecular flexibility index (Phi) is 8.05. The van der Waals surface area contributed by atoms with Gasteiger partial charge in [-0.3, -0.25) is 9.89 Å². The van der Waals surface area contributed by atoms with E-state index in [1.807, 2.05) is 27.0 Å². The summed E-state index contributed by atoms with van der Waals surface area (Å²) in [7, 11) is 0. The van der Waals surface area contributed by atoms with Crippen molar-refractivity contribution in [1.29, 1.82) is 0 Å². The normalized spacial score (nSPS) is 11.8. The molecule has 0 bridgehead atoms. The molecule has 0 fully saturated rings. The molecule has 8 nitrogen and oxygen atoms in total. The molecule has 160 valence electrons. The van der Waals surface area contributed by atoms with Crippen LogP contribution in [0.4, 0.5) is 0 Å². The van der Waals surface area contributed by atoms with Crippen molar-refractivity contribution < 1.29 is 0 Å². The fourth-order valence-electron chi connectivity index (χ4n) is 1.99. The second-order valence-electron chi connectivity index (χ2n) is 9.80. The predicted octanol–water partition coefficient (Wildman–Crippen LogP) is 3.88. The third-order valence-corrected chi connectivity index (χ3v) is 3.72.